The molecule has 0 aromatic carbocycles. The molecule has 0 unspecified atom stereocenters. The predicted octanol–water partition coefficient (Wildman–Crippen LogP) is -1.07. The third kappa shape index (κ3) is 42.9. The Hall–Kier alpha value is 0.336. The van der Waals surface area contributed by atoms with E-state index >= 15 is 0 Å². The van der Waals surface area contributed by atoms with E-state index in [-0.39, 0.29) is 64.0 Å². The maximum Gasteiger partial charge on any atom is 1.00 e. The molecule has 20 heavy (non-hydrogen) atoms. The van der Waals surface area contributed by atoms with Gasteiger partial charge in [0.2, 0.25) is 6.16 Å². The summed E-state index contributed by atoms with van der Waals surface area (Å²) in [6.45, 7) is 2.22. The average Bonchev–Trinajstić information content (AvgIpc) is 2.26. The number of hydrogen-bond donors (Lipinski definition) is 2. The molecule has 6 nitrogen and oxygen atoms in total. The summed E-state index contributed by atoms with van der Waals surface area (Å²) in [5.74, 6) is -0.909. The monoisotopic (exact) mass is 317 g/mol. The Morgan fingerprint density at radius 2 is 1.15 bits per heavy atom. The van der Waals surface area contributed by atoms with Crippen LogP contribution in [0.15, 0.2) is 0 Å². The zero-order valence-corrected chi connectivity index (χ0v) is 16.3. The van der Waals surface area contributed by atoms with Crippen LogP contribution in [0.1, 0.15) is 71.1 Å². The quantitative estimate of drug-likeness (QED) is 0.390. The van der Waals surface area contributed by atoms with Crippen LogP contribution < -0.4 is 67.7 Å². The molecule has 0 heterocycles. The van der Waals surface area contributed by atoms with Gasteiger partial charge in [-0.2, -0.15) is 0 Å². The molecule has 0 spiro atoms. The maximum absolute atomic E-state index is 10.1. The van der Waals surface area contributed by atoms with Crippen molar-refractivity contribution in [1.82, 2.24) is 6.15 Å². The van der Waals surface area contributed by atoms with Gasteiger partial charge >= 0.3 is 51.4 Å². The second-order valence-corrected chi connectivity index (χ2v) is 4.22. The fourth-order valence-electron chi connectivity index (χ4n) is 1.58. The normalized spacial score (nSPS) is 8.45. The molecule has 7 heteroatoms. The van der Waals surface area contributed by atoms with Crippen molar-refractivity contribution in [2.24, 2.45) is 0 Å². The molecule has 0 aromatic heterocycles. The summed E-state index contributed by atoms with van der Waals surface area (Å²) in [5, 5.41) is 25.4. The molecule has 0 saturated carbocycles. The van der Waals surface area contributed by atoms with Gasteiger partial charge in [-0.3, -0.25) is 0 Å². The Bertz CT molecular complexity index is 211. The Morgan fingerprint density at radius 1 is 0.850 bits per heavy atom. The van der Waals surface area contributed by atoms with Gasteiger partial charge in [0.1, 0.15) is 0 Å². The van der Waals surface area contributed by atoms with Crippen LogP contribution in [0, 0.1) is 0 Å². The second kappa shape index (κ2) is 24.4. The van der Waals surface area contributed by atoms with Crippen molar-refractivity contribution >= 4 is 12.1 Å². The van der Waals surface area contributed by atoms with Crippen molar-refractivity contribution in [2.75, 3.05) is 0 Å². The third-order valence-corrected chi connectivity index (χ3v) is 2.48. The van der Waals surface area contributed by atoms with Gasteiger partial charge in [-0.05, 0) is 12.8 Å². The number of unbranched alkanes of at least 4 members (excludes halogenated alkanes) is 8. The number of carbonyl (C=O) groups is 2. The smallest absolute Gasteiger partial charge is 0.565 e. The van der Waals surface area contributed by atoms with E-state index in [1.54, 1.807) is 0 Å². The summed E-state index contributed by atoms with van der Waals surface area (Å²) in [6.07, 6.45) is 9.08. The van der Waals surface area contributed by atoms with Crippen LogP contribution in [-0.2, 0) is 4.79 Å². The van der Waals surface area contributed by atoms with E-state index in [0.717, 1.165) is 12.8 Å². The van der Waals surface area contributed by atoms with Gasteiger partial charge in [-0.1, -0.05) is 58.3 Å². The first-order valence-electron chi connectivity index (χ1n) is 6.60. The van der Waals surface area contributed by atoms with E-state index in [1.165, 1.54) is 44.9 Å². The number of rotatable bonds is 10. The van der Waals surface area contributed by atoms with E-state index < -0.39 is 12.1 Å². The molecule has 0 aliphatic carbocycles. The Morgan fingerprint density at radius 3 is 1.45 bits per heavy atom. The van der Waals surface area contributed by atoms with E-state index in [4.69, 9.17) is 15.0 Å². The topological polar surface area (TPSA) is 137 Å². The molecule has 0 aliphatic heterocycles. The average molecular weight is 317 g/mol. The molecule has 0 amide bonds. The summed E-state index contributed by atoms with van der Waals surface area (Å²) in [7, 11) is 0. The molecule has 0 aromatic rings. The summed E-state index contributed by atoms with van der Waals surface area (Å²) in [6, 6.07) is 0. The van der Waals surface area contributed by atoms with Crippen molar-refractivity contribution in [3.8, 4) is 0 Å². The molecule has 5 N–H and O–H groups in total. The van der Waals surface area contributed by atoms with E-state index in [1.807, 2.05) is 0 Å². The van der Waals surface area contributed by atoms with E-state index in [2.05, 4.69) is 6.92 Å². The predicted molar refractivity (Wildman–Crippen MR) is 70.9 cm³/mol. The fourth-order valence-corrected chi connectivity index (χ4v) is 1.58. The SMILES string of the molecule is CCCCCCCCCCCC(=O)[O-].O=C([O-])O.[K+].[NH4+]. The van der Waals surface area contributed by atoms with Crippen LogP contribution in [0.3, 0.4) is 0 Å². The van der Waals surface area contributed by atoms with Crippen molar-refractivity contribution in [2.45, 2.75) is 71.1 Å². The molecular formula is C13H28KNO5. The number of quaternary nitrogens is 1. The first-order valence-corrected chi connectivity index (χ1v) is 6.60. The van der Waals surface area contributed by atoms with E-state index in [9.17, 15) is 9.90 Å². The molecule has 0 radical (unpaired) electrons. The first kappa shape index (κ1) is 28.5. The van der Waals surface area contributed by atoms with Gasteiger partial charge in [-0.25, -0.2) is 0 Å². The Balaban J connectivity index is -0.000000188. The molecule has 0 atom stereocenters. The van der Waals surface area contributed by atoms with Crippen LogP contribution >= 0.6 is 0 Å². The number of carboxylic acids is 1. The minimum atomic E-state index is -2.08. The summed E-state index contributed by atoms with van der Waals surface area (Å²) < 4.78 is 0. The standard InChI is InChI=1S/C12H24O2.CH2O3.K.H3N/c1-2-3-4-5-6-7-8-9-10-11-12(13)14;2-1(3)4;;/h2-11H2,1H3,(H,13,14);(H2,2,3,4);;1H3/q;;+1;/p-1. The van der Waals surface area contributed by atoms with Gasteiger partial charge in [0.25, 0.3) is 0 Å². The largest absolute Gasteiger partial charge is 1.00 e. The van der Waals surface area contributed by atoms with Gasteiger partial charge in [-0.15, -0.1) is 0 Å². The maximum atomic E-state index is 10.1. The molecule has 0 bridgehead atoms. The molecule has 0 rings (SSSR count). The van der Waals surface area contributed by atoms with Gasteiger partial charge in [0.05, 0.1) is 0 Å². The van der Waals surface area contributed by atoms with Crippen molar-refractivity contribution in [1.29, 1.82) is 0 Å². The van der Waals surface area contributed by atoms with Crippen molar-refractivity contribution in [3.63, 3.8) is 0 Å². The van der Waals surface area contributed by atoms with Crippen LogP contribution in [0.5, 0.6) is 0 Å². The number of carbonyl (C=O) groups excluding carboxylic acids is 1. The minimum Gasteiger partial charge on any atom is -0.565 e. The molecule has 116 valence electrons. The van der Waals surface area contributed by atoms with Crippen molar-refractivity contribution in [3.05, 3.63) is 0 Å². The van der Waals surface area contributed by atoms with Gasteiger partial charge in [0.15, 0.2) is 0 Å². The number of carboxylic acid groups (broad SMARTS) is 3. The Kier molecular flexibility index (Phi) is 34.7. The summed E-state index contributed by atoms with van der Waals surface area (Å²) in [4.78, 5) is 18.5. The number of hydrogen-bond acceptors (Lipinski definition) is 4. The van der Waals surface area contributed by atoms with Gasteiger partial charge in [0, 0.05) is 5.97 Å². The summed E-state index contributed by atoms with van der Waals surface area (Å²) in [5.41, 5.74) is 0. The molecule has 0 aliphatic rings. The fraction of sp³-hybridized carbons (Fsp3) is 0.846. The third-order valence-electron chi connectivity index (χ3n) is 2.48. The van der Waals surface area contributed by atoms with Crippen LogP contribution in [0.2, 0.25) is 0 Å². The van der Waals surface area contributed by atoms with Crippen LogP contribution in [-0.4, -0.2) is 17.2 Å². The van der Waals surface area contributed by atoms with Gasteiger partial charge < -0.3 is 31.1 Å². The summed E-state index contributed by atoms with van der Waals surface area (Å²) >= 11 is 0. The zero-order valence-electron chi connectivity index (χ0n) is 13.2. The first-order chi connectivity index (χ1) is 8.50. The molecule has 0 saturated heterocycles. The minimum absolute atomic E-state index is 0. The van der Waals surface area contributed by atoms with Crippen LogP contribution in [0.25, 0.3) is 0 Å². The molecular weight excluding hydrogens is 289 g/mol. The Labute approximate surface area is 164 Å². The van der Waals surface area contributed by atoms with Crippen molar-refractivity contribution < 1.29 is 76.3 Å². The van der Waals surface area contributed by atoms with E-state index in [0.29, 0.717) is 0 Å². The molecule has 0 fully saturated rings. The van der Waals surface area contributed by atoms with Crippen LogP contribution in [0.4, 0.5) is 4.79 Å². The second-order valence-electron chi connectivity index (χ2n) is 4.22. The zero-order chi connectivity index (χ0) is 14.2. The number of aliphatic carboxylic acids is 1.